The van der Waals surface area contributed by atoms with E-state index in [1.54, 1.807) is 0 Å². The van der Waals surface area contributed by atoms with Crippen molar-refractivity contribution in [1.29, 1.82) is 5.26 Å². The first-order chi connectivity index (χ1) is 8.99. The lowest BCUT2D eigenvalue weighted by atomic mass is 10.1. The number of rotatable bonds is 3. The van der Waals surface area contributed by atoms with Crippen LogP contribution in [0.5, 0.6) is 0 Å². The van der Waals surface area contributed by atoms with E-state index < -0.39 is 11.7 Å². The number of carbonyl (C=O) groups is 1. The number of aromatic nitrogens is 2. The van der Waals surface area contributed by atoms with Gasteiger partial charge in [0.25, 0.3) is 5.91 Å². The van der Waals surface area contributed by atoms with Gasteiger partial charge in [0, 0.05) is 6.20 Å². The molecule has 1 aromatic heterocycles. The second kappa shape index (κ2) is 4.78. The van der Waals surface area contributed by atoms with Crippen LogP contribution in [0, 0.1) is 17.1 Å². The summed E-state index contributed by atoms with van der Waals surface area (Å²) in [7, 11) is 0. The van der Waals surface area contributed by atoms with Crippen LogP contribution in [0.15, 0.2) is 24.4 Å². The molecule has 1 amide bonds. The number of carbonyl (C=O) groups excluding carboxylic acids is 1. The minimum atomic E-state index is -0.729. The van der Waals surface area contributed by atoms with E-state index in [2.05, 4.69) is 5.10 Å². The van der Waals surface area contributed by atoms with E-state index in [1.165, 1.54) is 23.0 Å². The lowest BCUT2D eigenvalue weighted by Gasteiger charge is -2.02. The number of hydrogen-bond donors (Lipinski definition) is 2. The molecule has 7 heteroatoms. The summed E-state index contributed by atoms with van der Waals surface area (Å²) < 4.78 is 14.6. The third-order valence-electron chi connectivity index (χ3n) is 2.45. The van der Waals surface area contributed by atoms with Gasteiger partial charge < -0.3 is 11.5 Å². The van der Waals surface area contributed by atoms with Crippen LogP contribution in [0.25, 0.3) is 0 Å². The smallest absolute Gasteiger partial charge is 0.271 e. The molecule has 4 N–H and O–H groups in total. The highest BCUT2D eigenvalue weighted by Gasteiger charge is 2.11. The van der Waals surface area contributed by atoms with Crippen molar-refractivity contribution in [2.24, 2.45) is 5.73 Å². The van der Waals surface area contributed by atoms with Crippen LogP contribution >= 0.6 is 0 Å². The molecule has 0 saturated heterocycles. The first-order valence-electron chi connectivity index (χ1n) is 5.32. The number of nitrogens with zero attached hydrogens (tertiary/aromatic N) is 3. The first kappa shape index (κ1) is 12.6. The van der Waals surface area contributed by atoms with Crippen molar-refractivity contribution in [2.75, 3.05) is 5.73 Å². The zero-order chi connectivity index (χ0) is 14.0. The molecule has 2 aromatic rings. The quantitative estimate of drug-likeness (QED) is 0.841. The molecule has 0 aliphatic heterocycles. The van der Waals surface area contributed by atoms with Gasteiger partial charge in [-0.3, -0.25) is 9.48 Å². The maximum absolute atomic E-state index is 13.3. The molecule has 0 aliphatic rings. The fourth-order valence-electron chi connectivity index (χ4n) is 1.70. The molecule has 0 fully saturated rings. The molecule has 96 valence electrons. The predicted molar refractivity (Wildman–Crippen MR) is 65.4 cm³/mol. The standard InChI is InChI=1S/C12H10FN5O/c13-9-2-7(4-14)1-8(3-9)5-18-6-10(15)11(17-18)12(16)19/h1-3,6H,5,15H2,(H2,16,19). The van der Waals surface area contributed by atoms with Crippen LogP contribution in [-0.2, 0) is 6.54 Å². The van der Waals surface area contributed by atoms with Gasteiger partial charge in [0.05, 0.1) is 23.9 Å². The van der Waals surface area contributed by atoms with Gasteiger partial charge in [-0.25, -0.2) is 4.39 Å². The number of benzene rings is 1. The van der Waals surface area contributed by atoms with Crippen molar-refractivity contribution in [3.8, 4) is 6.07 Å². The lowest BCUT2D eigenvalue weighted by Crippen LogP contribution is -2.14. The Hall–Kier alpha value is -2.88. The second-order valence-electron chi connectivity index (χ2n) is 3.95. The summed E-state index contributed by atoms with van der Waals surface area (Å²) in [5, 5.41) is 12.7. The van der Waals surface area contributed by atoms with Gasteiger partial charge >= 0.3 is 0 Å². The third-order valence-corrected chi connectivity index (χ3v) is 2.45. The van der Waals surface area contributed by atoms with Crippen LogP contribution in [-0.4, -0.2) is 15.7 Å². The van der Waals surface area contributed by atoms with Crippen LogP contribution in [0.2, 0.25) is 0 Å². The Morgan fingerprint density at radius 2 is 2.21 bits per heavy atom. The van der Waals surface area contributed by atoms with Crippen molar-refractivity contribution in [1.82, 2.24) is 9.78 Å². The van der Waals surface area contributed by atoms with Crippen LogP contribution in [0.1, 0.15) is 21.6 Å². The Labute approximate surface area is 108 Å². The number of anilines is 1. The maximum atomic E-state index is 13.3. The zero-order valence-electron chi connectivity index (χ0n) is 9.80. The van der Waals surface area contributed by atoms with Gasteiger partial charge in [-0.15, -0.1) is 0 Å². The molecule has 2 rings (SSSR count). The number of amides is 1. The number of nitrogen functional groups attached to an aromatic ring is 1. The van der Waals surface area contributed by atoms with Gasteiger partial charge in [0.2, 0.25) is 0 Å². The largest absolute Gasteiger partial charge is 0.396 e. The predicted octanol–water partition coefficient (Wildman–Crippen LogP) is 0.623. The van der Waals surface area contributed by atoms with Crippen molar-refractivity contribution in [2.45, 2.75) is 6.54 Å². The topological polar surface area (TPSA) is 111 Å². The summed E-state index contributed by atoms with van der Waals surface area (Å²) in [6, 6.07) is 5.81. The molecular weight excluding hydrogens is 249 g/mol. The monoisotopic (exact) mass is 259 g/mol. The average molecular weight is 259 g/mol. The Bertz CT molecular complexity index is 686. The molecular formula is C12H10FN5O. The Balaban J connectivity index is 2.31. The SMILES string of the molecule is N#Cc1cc(F)cc(Cn2cc(N)c(C(N)=O)n2)c1. The number of hydrogen-bond acceptors (Lipinski definition) is 4. The van der Waals surface area contributed by atoms with Crippen molar-refractivity contribution in [3.05, 3.63) is 47.0 Å². The van der Waals surface area contributed by atoms with E-state index in [1.807, 2.05) is 6.07 Å². The van der Waals surface area contributed by atoms with Crippen LogP contribution in [0.3, 0.4) is 0 Å². The molecule has 0 bridgehead atoms. The summed E-state index contributed by atoms with van der Waals surface area (Å²) in [5.74, 6) is -1.24. The molecule has 0 saturated carbocycles. The van der Waals surface area contributed by atoms with Gasteiger partial charge in [0.1, 0.15) is 5.82 Å². The minimum Gasteiger partial charge on any atom is -0.396 e. The lowest BCUT2D eigenvalue weighted by molar-refractivity contribution is 0.0995. The normalized spacial score (nSPS) is 10.1. The van der Waals surface area contributed by atoms with E-state index in [-0.39, 0.29) is 23.5 Å². The van der Waals surface area contributed by atoms with E-state index in [9.17, 15) is 9.18 Å². The molecule has 0 unspecified atom stereocenters. The third kappa shape index (κ3) is 2.69. The van der Waals surface area contributed by atoms with Gasteiger partial charge in [-0.05, 0) is 23.8 Å². The van der Waals surface area contributed by atoms with Crippen molar-refractivity contribution in [3.63, 3.8) is 0 Å². The van der Waals surface area contributed by atoms with E-state index in [0.29, 0.717) is 5.56 Å². The fraction of sp³-hybridized carbons (Fsp3) is 0.0833. The Morgan fingerprint density at radius 1 is 1.47 bits per heavy atom. The molecule has 0 radical (unpaired) electrons. The molecule has 0 spiro atoms. The summed E-state index contributed by atoms with van der Waals surface area (Å²) in [5.41, 5.74) is 11.5. The van der Waals surface area contributed by atoms with Crippen LogP contribution < -0.4 is 11.5 Å². The Morgan fingerprint density at radius 3 is 2.79 bits per heavy atom. The van der Waals surface area contributed by atoms with Gasteiger partial charge in [-0.1, -0.05) is 0 Å². The Kier molecular flexibility index (Phi) is 3.16. The maximum Gasteiger partial charge on any atom is 0.271 e. The van der Waals surface area contributed by atoms with Crippen LogP contribution in [0.4, 0.5) is 10.1 Å². The minimum absolute atomic E-state index is 0.0306. The summed E-state index contributed by atoms with van der Waals surface area (Å²) >= 11 is 0. The second-order valence-corrected chi connectivity index (χ2v) is 3.95. The number of halogens is 1. The fourth-order valence-corrected chi connectivity index (χ4v) is 1.70. The van der Waals surface area contributed by atoms with E-state index in [0.717, 1.165) is 6.07 Å². The highest BCUT2D eigenvalue weighted by Crippen LogP contribution is 2.13. The van der Waals surface area contributed by atoms with Crippen molar-refractivity contribution >= 4 is 11.6 Å². The van der Waals surface area contributed by atoms with E-state index in [4.69, 9.17) is 16.7 Å². The van der Waals surface area contributed by atoms with Gasteiger partial charge in [-0.2, -0.15) is 10.4 Å². The number of nitriles is 1. The molecule has 6 nitrogen and oxygen atoms in total. The summed E-state index contributed by atoms with van der Waals surface area (Å²) in [4.78, 5) is 11.0. The summed E-state index contributed by atoms with van der Waals surface area (Å²) in [6.45, 7) is 0.184. The van der Waals surface area contributed by atoms with E-state index >= 15 is 0 Å². The number of nitrogens with two attached hydrogens (primary N) is 2. The average Bonchev–Trinajstić information content (AvgIpc) is 2.69. The van der Waals surface area contributed by atoms with Crippen molar-refractivity contribution < 1.29 is 9.18 Å². The molecule has 1 aromatic carbocycles. The highest BCUT2D eigenvalue weighted by atomic mass is 19.1. The van der Waals surface area contributed by atoms with Gasteiger partial charge in [0.15, 0.2) is 5.69 Å². The molecule has 0 aliphatic carbocycles. The molecule has 0 atom stereocenters. The number of primary amides is 1. The highest BCUT2D eigenvalue weighted by molar-refractivity contribution is 5.95. The summed E-state index contributed by atoms with van der Waals surface area (Å²) in [6.07, 6.45) is 1.43. The first-order valence-corrected chi connectivity index (χ1v) is 5.32. The molecule has 19 heavy (non-hydrogen) atoms. The molecule has 1 heterocycles. The zero-order valence-corrected chi connectivity index (χ0v) is 9.80.